The Labute approximate surface area is 159 Å². The second-order valence-electron chi connectivity index (χ2n) is 5.78. The van der Waals surface area contributed by atoms with Gasteiger partial charge in [-0.25, -0.2) is 4.79 Å². The van der Waals surface area contributed by atoms with Crippen molar-refractivity contribution in [3.8, 4) is 0 Å². The van der Waals surface area contributed by atoms with Crippen LogP contribution in [0.5, 0.6) is 0 Å². The molecule has 0 rings (SSSR count). The summed E-state index contributed by atoms with van der Waals surface area (Å²) in [5.41, 5.74) is 20.7. The minimum absolute atomic E-state index is 0.0341. The third-order valence-electron chi connectivity index (χ3n) is 3.33. The van der Waals surface area contributed by atoms with E-state index < -0.39 is 60.6 Å². The SMILES string of the molecule is NC(=O)CC(NC(=O)C(N)CC(=O)O)C(=O)NC(CCCN=C(N)N)C(=O)O. The fraction of sp³-hybridized carbons (Fsp3) is 0.571. The van der Waals surface area contributed by atoms with Crippen LogP contribution >= 0.6 is 0 Å². The van der Waals surface area contributed by atoms with E-state index >= 15 is 0 Å². The van der Waals surface area contributed by atoms with Crippen molar-refractivity contribution in [3.63, 3.8) is 0 Å². The first kappa shape index (κ1) is 24.6. The number of primary amides is 1. The number of carboxylic acids is 2. The first-order valence-corrected chi connectivity index (χ1v) is 8.08. The number of carbonyl (C=O) groups is 5. The summed E-state index contributed by atoms with van der Waals surface area (Å²) in [6.45, 7) is 0.132. The molecule has 14 heteroatoms. The van der Waals surface area contributed by atoms with Crippen molar-refractivity contribution in [2.75, 3.05) is 6.54 Å². The van der Waals surface area contributed by atoms with Gasteiger partial charge in [-0.05, 0) is 12.8 Å². The number of aliphatic imine (C=N–C) groups is 1. The lowest BCUT2D eigenvalue weighted by atomic mass is 10.1. The third-order valence-corrected chi connectivity index (χ3v) is 3.33. The van der Waals surface area contributed by atoms with Crippen LogP contribution in [0.15, 0.2) is 4.99 Å². The van der Waals surface area contributed by atoms with Gasteiger partial charge in [0.2, 0.25) is 17.7 Å². The average Bonchev–Trinajstić information content (AvgIpc) is 2.55. The fourth-order valence-electron chi connectivity index (χ4n) is 2.00. The minimum Gasteiger partial charge on any atom is -0.481 e. The highest BCUT2D eigenvalue weighted by Crippen LogP contribution is 2.02. The second-order valence-corrected chi connectivity index (χ2v) is 5.78. The Kier molecular flexibility index (Phi) is 10.6. The molecule has 0 bridgehead atoms. The van der Waals surface area contributed by atoms with E-state index in [4.69, 9.17) is 28.0 Å². The molecule has 12 N–H and O–H groups in total. The molecule has 0 spiro atoms. The van der Waals surface area contributed by atoms with Crippen molar-refractivity contribution in [2.24, 2.45) is 27.9 Å². The molecule has 3 amide bonds. The number of amides is 3. The number of rotatable bonds is 13. The predicted molar refractivity (Wildman–Crippen MR) is 95.4 cm³/mol. The third kappa shape index (κ3) is 10.5. The summed E-state index contributed by atoms with van der Waals surface area (Å²) in [5, 5.41) is 22.1. The molecule has 0 aromatic rings. The summed E-state index contributed by atoms with van der Waals surface area (Å²) in [6, 6.07) is -4.35. The van der Waals surface area contributed by atoms with Crippen molar-refractivity contribution in [2.45, 2.75) is 43.8 Å². The molecule has 158 valence electrons. The van der Waals surface area contributed by atoms with Gasteiger partial charge in [-0.1, -0.05) is 0 Å². The van der Waals surface area contributed by atoms with Crippen LogP contribution in [0.1, 0.15) is 25.7 Å². The Hall–Kier alpha value is -3.42. The van der Waals surface area contributed by atoms with Gasteiger partial charge in [0.15, 0.2) is 5.96 Å². The zero-order chi connectivity index (χ0) is 21.9. The van der Waals surface area contributed by atoms with Crippen LogP contribution in [0.2, 0.25) is 0 Å². The van der Waals surface area contributed by atoms with Crippen LogP contribution in [0.3, 0.4) is 0 Å². The molecule has 0 aromatic carbocycles. The summed E-state index contributed by atoms with van der Waals surface area (Å²) >= 11 is 0. The maximum Gasteiger partial charge on any atom is 0.326 e. The lowest BCUT2D eigenvalue weighted by Crippen LogP contribution is -2.55. The molecule has 0 aliphatic heterocycles. The molecule has 0 saturated carbocycles. The number of nitrogens with two attached hydrogens (primary N) is 4. The fourth-order valence-corrected chi connectivity index (χ4v) is 2.00. The van der Waals surface area contributed by atoms with Crippen LogP contribution in [-0.4, -0.2) is 70.5 Å². The molecule has 14 nitrogen and oxygen atoms in total. The van der Waals surface area contributed by atoms with Gasteiger partial charge in [-0.15, -0.1) is 0 Å². The number of carboxylic acid groups (broad SMARTS) is 2. The molecule has 0 aliphatic rings. The van der Waals surface area contributed by atoms with Crippen LogP contribution in [0.4, 0.5) is 0 Å². The van der Waals surface area contributed by atoms with Crippen LogP contribution < -0.4 is 33.6 Å². The topological polar surface area (TPSA) is 266 Å². The predicted octanol–water partition coefficient (Wildman–Crippen LogP) is -4.23. The Morgan fingerprint density at radius 2 is 1.46 bits per heavy atom. The van der Waals surface area contributed by atoms with Gasteiger partial charge in [-0.2, -0.15) is 0 Å². The summed E-state index contributed by atoms with van der Waals surface area (Å²) in [4.78, 5) is 60.9. The Morgan fingerprint density at radius 1 is 0.893 bits per heavy atom. The quantitative estimate of drug-likeness (QED) is 0.0833. The van der Waals surface area contributed by atoms with Crippen molar-refractivity contribution in [3.05, 3.63) is 0 Å². The zero-order valence-corrected chi connectivity index (χ0v) is 15.0. The van der Waals surface area contributed by atoms with E-state index in [1.54, 1.807) is 0 Å². The van der Waals surface area contributed by atoms with Crippen molar-refractivity contribution < 1.29 is 34.2 Å². The van der Waals surface area contributed by atoms with Gasteiger partial charge in [0.25, 0.3) is 0 Å². The highest BCUT2D eigenvalue weighted by Gasteiger charge is 2.29. The van der Waals surface area contributed by atoms with E-state index in [1.165, 1.54) is 0 Å². The number of hydrogen-bond donors (Lipinski definition) is 8. The van der Waals surface area contributed by atoms with Crippen molar-refractivity contribution >= 4 is 35.6 Å². The van der Waals surface area contributed by atoms with E-state index in [1.807, 2.05) is 0 Å². The number of carbonyl (C=O) groups excluding carboxylic acids is 3. The molecule has 0 fully saturated rings. The average molecular weight is 403 g/mol. The molecule has 3 atom stereocenters. The molecule has 0 heterocycles. The number of guanidine groups is 1. The maximum atomic E-state index is 12.3. The van der Waals surface area contributed by atoms with Crippen LogP contribution in [0.25, 0.3) is 0 Å². The normalized spacial score (nSPS) is 13.5. The van der Waals surface area contributed by atoms with Crippen LogP contribution in [-0.2, 0) is 24.0 Å². The van der Waals surface area contributed by atoms with Crippen molar-refractivity contribution in [1.82, 2.24) is 10.6 Å². The maximum absolute atomic E-state index is 12.3. The summed E-state index contributed by atoms with van der Waals surface area (Å²) in [7, 11) is 0. The van der Waals surface area contributed by atoms with E-state index in [-0.39, 0.29) is 25.3 Å². The van der Waals surface area contributed by atoms with Crippen molar-refractivity contribution in [1.29, 1.82) is 0 Å². The lowest BCUT2D eigenvalue weighted by molar-refractivity contribution is -0.143. The number of nitrogens with zero attached hydrogens (tertiary/aromatic N) is 1. The first-order chi connectivity index (χ1) is 12.9. The van der Waals surface area contributed by atoms with E-state index in [0.717, 1.165) is 0 Å². The van der Waals surface area contributed by atoms with Gasteiger partial charge >= 0.3 is 11.9 Å². The van der Waals surface area contributed by atoms with E-state index in [9.17, 15) is 29.1 Å². The van der Waals surface area contributed by atoms with Gasteiger partial charge in [0, 0.05) is 6.54 Å². The van der Waals surface area contributed by atoms with Crippen LogP contribution in [0, 0.1) is 0 Å². The minimum atomic E-state index is -1.52. The van der Waals surface area contributed by atoms with Gasteiger partial charge < -0.3 is 43.8 Å². The Balaban J connectivity index is 5.02. The number of aliphatic carboxylic acids is 2. The molecular formula is C14H25N7O7. The molecule has 3 unspecified atom stereocenters. The smallest absolute Gasteiger partial charge is 0.326 e. The molecule has 0 radical (unpaired) electrons. The first-order valence-electron chi connectivity index (χ1n) is 8.08. The second kappa shape index (κ2) is 12.1. The Morgan fingerprint density at radius 3 is 1.93 bits per heavy atom. The van der Waals surface area contributed by atoms with Gasteiger partial charge in [0.1, 0.15) is 12.1 Å². The standard InChI is InChI=1S/C14H25N7O7/c15-6(4-10(23)24)11(25)21-8(5-9(16)22)12(26)20-7(13(27)28)2-1-3-19-14(17)18/h6-8H,1-5,15H2,(H2,16,22)(H,20,26)(H,21,25)(H,23,24)(H,27,28)(H4,17,18,19). The largest absolute Gasteiger partial charge is 0.481 e. The molecule has 0 aliphatic carbocycles. The summed E-state index contributed by atoms with van der Waals surface area (Å²) in [5.74, 6) is -5.83. The Bertz CT molecular complexity index is 634. The molecular weight excluding hydrogens is 378 g/mol. The lowest BCUT2D eigenvalue weighted by Gasteiger charge is -2.21. The summed E-state index contributed by atoms with van der Waals surface area (Å²) < 4.78 is 0. The zero-order valence-electron chi connectivity index (χ0n) is 15.0. The monoisotopic (exact) mass is 403 g/mol. The number of nitrogens with one attached hydrogen (secondary N) is 2. The highest BCUT2D eigenvalue weighted by atomic mass is 16.4. The van der Waals surface area contributed by atoms with Gasteiger partial charge in [0.05, 0.1) is 18.9 Å². The van der Waals surface area contributed by atoms with Gasteiger partial charge in [-0.3, -0.25) is 24.2 Å². The molecule has 0 saturated heterocycles. The summed E-state index contributed by atoms with van der Waals surface area (Å²) in [6.07, 6.45) is -1.16. The molecule has 0 aromatic heterocycles. The van der Waals surface area contributed by atoms with E-state index in [0.29, 0.717) is 0 Å². The molecule has 28 heavy (non-hydrogen) atoms. The highest BCUT2D eigenvalue weighted by molar-refractivity contribution is 5.95. The number of hydrogen-bond acceptors (Lipinski definition) is 7. The van der Waals surface area contributed by atoms with E-state index in [2.05, 4.69) is 15.6 Å².